The first-order valence-electron chi connectivity index (χ1n) is 5.84. The van der Waals surface area contributed by atoms with Gasteiger partial charge >= 0.3 is 0 Å². The monoisotopic (exact) mass is 262 g/mol. The molecular weight excluding hydrogens is 251 g/mol. The van der Waals surface area contributed by atoms with Crippen molar-refractivity contribution in [3.8, 4) is 0 Å². The molecule has 0 atom stereocenters. The summed E-state index contributed by atoms with van der Waals surface area (Å²) in [6.45, 7) is 0.517. The van der Waals surface area contributed by atoms with Crippen molar-refractivity contribution < 1.29 is 14.3 Å². The van der Waals surface area contributed by atoms with Gasteiger partial charge in [-0.1, -0.05) is 0 Å². The highest BCUT2D eigenvalue weighted by atomic mass is 19.1. The van der Waals surface area contributed by atoms with Gasteiger partial charge in [-0.05, 0) is 18.2 Å². The van der Waals surface area contributed by atoms with E-state index in [4.69, 9.17) is 0 Å². The van der Waals surface area contributed by atoms with E-state index in [9.17, 15) is 19.1 Å². The molecule has 6 heteroatoms. The first-order valence-corrected chi connectivity index (χ1v) is 5.84. The van der Waals surface area contributed by atoms with Crippen LogP contribution in [0.4, 0.5) is 4.39 Å². The van der Waals surface area contributed by atoms with E-state index < -0.39 is 17.5 Å². The van der Waals surface area contributed by atoms with Gasteiger partial charge in [-0.2, -0.15) is 0 Å². The van der Waals surface area contributed by atoms with Crippen molar-refractivity contribution in [3.63, 3.8) is 0 Å². The molecule has 0 aliphatic carbocycles. The van der Waals surface area contributed by atoms with E-state index in [1.54, 1.807) is 0 Å². The Bertz CT molecular complexity index is 719. The molecule has 1 amide bonds. The molecule has 0 bridgehead atoms. The summed E-state index contributed by atoms with van der Waals surface area (Å²) in [7, 11) is 0. The Morgan fingerprint density at radius 1 is 1.37 bits per heavy atom. The second-order valence-electron chi connectivity index (χ2n) is 4.60. The van der Waals surface area contributed by atoms with Crippen LogP contribution in [-0.2, 0) is 0 Å². The number of nitrogens with one attached hydrogen (secondary N) is 1. The average Bonchev–Trinajstić information content (AvgIpc) is 2.32. The maximum Gasteiger partial charge on any atom is 0.254 e. The molecule has 3 rings (SSSR count). The van der Waals surface area contributed by atoms with Crippen LogP contribution in [0.2, 0.25) is 0 Å². The van der Waals surface area contributed by atoms with E-state index in [0.29, 0.717) is 5.39 Å². The molecule has 0 spiro atoms. The number of hydrogen-bond donors (Lipinski definition) is 2. The minimum absolute atomic E-state index is 0.227. The lowest BCUT2D eigenvalue weighted by Crippen LogP contribution is -2.53. The summed E-state index contributed by atoms with van der Waals surface area (Å²) in [4.78, 5) is 27.6. The van der Waals surface area contributed by atoms with Gasteiger partial charge in [0.05, 0.1) is 17.2 Å². The smallest absolute Gasteiger partial charge is 0.254 e. The summed E-state index contributed by atoms with van der Waals surface area (Å²) < 4.78 is 13.1. The lowest BCUT2D eigenvalue weighted by molar-refractivity contribution is 0.00602. The topological polar surface area (TPSA) is 73.4 Å². The number of carbonyl (C=O) groups is 1. The van der Waals surface area contributed by atoms with E-state index in [1.165, 1.54) is 29.2 Å². The third-order valence-electron chi connectivity index (χ3n) is 3.18. The highest BCUT2D eigenvalue weighted by molar-refractivity contribution is 6.06. The lowest BCUT2D eigenvalue weighted by Gasteiger charge is -2.36. The number of rotatable bonds is 1. The molecular formula is C13H11FN2O3. The number of H-pyrrole nitrogens is 1. The van der Waals surface area contributed by atoms with Gasteiger partial charge in [0.25, 0.3) is 5.91 Å². The van der Waals surface area contributed by atoms with E-state index >= 15 is 0 Å². The Hall–Kier alpha value is -2.21. The molecule has 1 aliphatic rings. The fourth-order valence-electron chi connectivity index (χ4n) is 2.20. The zero-order valence-electron chi connectivity index (χ0n) is 9.89. The Morgan fingerprint density at radius 2 is 2.11 bits per heavy atom. The maximum absolute atomic E-state index is 13.1. The van der Waals surface area contributed by atoms with Gasteiger partial charge in [0.1, 0.15) is 5.82 Å². The van der Waals surface area contributed by atoms with Gasteiger partial charge in [0.2, 0.25) is 5.56 Å². The summed E-state index contributed by atoms with van der Waals surface area (Å²) in [6, 6.07) is 5.08. The minimum atomic E-state index is -0.505. The van der Waals surface area contributed by atoms with Gasteiger partial charge < -0.3 is 15.0 Å². The first-order chi connectivity index (χ1) is 9.04. The summed E-state index contributed by atoms with van der Waals surface area (Å²) >= 11 is 0. The Labute approximate surface area is 107 Å². The van der Waals surface area contributed by atoms with Crippen LogP contribution in [0.5, 0.6) is 0 Å². The van der Waals surface area contributed by atoms with Gasteiger partial charge in [0, 0.05) is 24.5 Å². The van der Waals surface area contributed by atoms with Gasteiger partial charge in [-0.25, -0.2) is 4.39 Å². The highest BCUT2D eigenvalue weighted by Crippen LogP contribution is 2.20. The normalized spacial score (nSPS) is 15.6. The van der Waals surface area contributed by atoms with E-state index in [-0.39, 0.29) is 30.1 Å². The number of aliphatic hydroxyl groups excluding tert-OH is 1. The molecule has 0 saturated carbocycles. The summed E-state index contributed by atoms with van der Waals surface area (Å²) in [6.07, 6.45) is -0.505. The van der Waals surface area contributed by atoms with Crippen molar-refractivity contribution in [1.82, 2.24) is 9.88 Å². The van der Waals surface area contributed by atoms with Crippen LogP contribution in [0.15, 0.2) is 29.1 Å². The summed E-state index contributed by atoms with van der Waals surface area (Å²) in [5.41, 5.74) is 0.0603. The van der Waals surface area contributed by atoms with Crippen LogP contribution in [-0.4, -0.2) is 40.1 Å². The van der Waals surface area contributed by atoms with Crippen molar-refractivity contribution in [2.24, 2.45) is 0 Å². The van der Waals surface area contributed by atoms with Gasteiger partial charge in [0.15, 0.2) is 0 Å². The van der Waals surface area contributed by atoms with Crippen LogP contribution in [0, 0.1) is 5.82 Å². The molecule has 1 aromatic heterocycles. The summed E-state index contributed by atoms with van der Waals surface area (Å²) in [5, 5.41) is 9.70. The van der Waals surface area contributed by atoms with Crippen molar-refractivity contribution in [2.45, 2.75) is 6.10 Å². The third kappa shape index (κ3) is 2.00. The second-order valence-corrected chi connectivity index (χ2v) is 4.60. The molecule has 0 unspecified atom stereocenters. The molecule has 0 radical (unpaired) electrons. The predicted octanol–water partition coefficient (Wildman–Crippen LogP) is 0.484. The highest BCUT2D eigenvalue weighted by Gasteiger charge is 2.30. The number of aromatic amines is 1. The van der Waals surface area contributed by atoms with Crippen molar-refractivity contribution in [2.75, 3.05) is 13.1 Å². The second kappa shape index (κ2) is 4.17. The minimum Gasteiger partial charge on any atom is -0.389 e. The number of aromatic nitrogens is 1. The summed E-state index contributed by atoms with van der Waals surface area (Å²) in [5.74, 6) is -0.805. The average molecular weight is 262 g/mol. The molecule has 19 heavy (non-hydrogen) atoms. The number of likely N-dealkylation sites (tertiary alicyclic amines) is 1. The number of carbonyl (C=O) groups excluding carboxylic acids is 1. The van der Waals surface area contributed by atoms with Gasteiger partial charge in [-0.15, -0.1) is 0 Å². The standard InChI is InChI=1S/C13H11FN2O3/c14-7-1-2-9-10(4-12(18)15-11(9)3-7)13(19)16-5-8(17)6-16/h1-4,8,17H,5-6H2,(H,15,18). The third-order valence-corrected chi connectivity index (χ3v) is 3.18. The number of hydrogen-bond acceptors (Lipinski definition) is 3. The Morgan fingerprint density at radius 3 is 2.79 bits per heavy atom. The fraction of sp³-hybridized carbons (Fsp3) is 0.231. The molecule has 5 nitrogen and oxygen atoms in total. The first kappa shape index (κ1) is 11.9. The SMILES string of the molecule is O=C(c1cc(=O)[nH]c2cc(F)ccc12)N1CC(O)C1. The van der Waals surface area contributed by atoms with Crippen molar-refractivity contribution in [1.29, 1.82) is 0 Å². The van der Waals surface area contributed by atoms with Crippen molar-refractivity contribution in [3.05, 3.63) is 46.0 Å². The molecule has 2 aromatic rings. The maximum atomic E-state index is 13.1. The number of benzene rings is 1. The van der Waals surface area contributed by atoms with Gasteiger partial charge in [-0.3, -0.25) is 9.59 Å². The molecule has 2 heterocycles. The molecule has 2 N–H and O–H groups in total. The number of aliphatic hydroxyl groups is 1. The number of pyridine rings is 1. The number of halogens is 1. The van der Waals surface area contributed by atoms with Crippen LogP contribution < -0.4 is 5.56 Å². The van der Waals surface area contributed by atoms with Crippen LogP contribution >= 0.6 is 0 Å². The Kier molecular flexibility index (Phi) is 2.60. The van der Waals surface area contributed by atoms with E-state index in [1.807, 2.05) is 0 Å². The molecule has 98 valence electrons. The molecule has 1 aliphatic heterocycles. The molecule has 1 fully saturated rings. The lowest BCUT2D eigenvalue weighted by atomic mass is 10.0. The van der Waals surface area contributed by atoms with Crippen LogP contribution in [0.25, 0.3) is 10.9 Å². The zero-order valence-corrected chi connectivity index (χ0v) is 9.89. The number of nitrogens with zero attached hydrogens (tertiary/aromatic N) is 1. The fourth-order valence-corrected chi connectivity index (χ4v) is 2.20. The molecule has 1 saturated heterocycles. The number of β-amino-alcohol motifs (C(OH)–C–C–N with tert-alkyl or cyclic N) is 1. The molecule has 1 aromatic carbocycles. The van der Waals surface area contributed by atoms with E-state index in [0.717, 1.165) is 0 Å². The largest absolute Gasteiger partial charge is 0.389 e. The van der Waals surface area contributed by atoms with Crippen molar-refractivity contribution >= 4 is 16.8 Å². The number of fused-ring (bicyclic) bond motifs is 1. The quantitative estimate of drug-likeness (QED) is 0.785. The number of amides is 1. The zero-order chi connectivity index (χ0) is 13.6. The Balaban J connectivity index is 2.12. The van der Waals surface area contributed by atoms with Crippen LogP contribution in [0.3, 0.4) is 0 Å². The van der Waals surface area contributed by atoms with Crippen LogP contribution in [0.1, 0.15) is 10.4 Å². The van der Waals surface area contributed by atoms with E-state index in [2.05, 4.69) is 4.98 Å². The predicted molar refractivity (Wildman–Crippen MR) is 66.4 cm³/mol.